The first-order valence-electron chi connectivity index (χ1n) is 5.31. The monoisotopic (exact) mass is 244 g/mol. The van der Waals surface area contributed by atoms with Gasteiger partial charge in [-0.05, 0) is 28.8 Å². The van der Waals surface area contributed by atoms with Gasteiger partial charge < -0.3 is 5.11 Å². The Morgan fingerprint density at radius 1 is 1.18 bits per heavy atom. The maximum absolute atomic E-state index is 11.2. The molecule has 2 aromatic carbocycles. The summed E-state index contributed by atoms with van der Waals surface area (Å²) in [7, 11) is 0. The maximum atomic E-state index is 11.2. The Balaban J connectivity index is 2.37. The topological polar surface area (TPSA) is 37.3 Å². The van der Waals surface area contributed by atoms with Crippen molar-refractivity contribution in [2.24, 2.45) is 0 Å². The highest BCUT2D eigenvalue weighted by molar-refractivity contribution is 6.32. The van der Waals surface area contributed by atoms with Gasteiger partial charge in [-0.1, -0.05) is 35.9 Å². The Morgan fingerprint density at radius 2 is 1.94 bits per heavy atom. The predicted molar refractivity (Wildman–Crippen MR) is 66.7 cm³/mol. The van der Waals surface area contributed by atoms with Crippen molar-refractivity contribution < 1.29 is 9.90 Å². The molecule has 0 spiro atoms. The quantitative estimate of drug-likeness (QED) is 0.710. The minimum absolute atomic E-state index is 0.328. The van der Waals surface area contributed by atoms with E-state index in [2.05, 4.69) is 0 Å². The largest absolute Gasteiger partial charge is 0.478 e. The summed E-state index contributed by atoms with van der Waals surface area (Å²) in [5, 5.41) is 9.86. The third-order valence-electron chi connectivity index (χ3n) is 3.14. The molecular weight excluding hydrogens is 236 g/mol. The number of halogens is 1. The molecular formula is C14H9ClO2. The lowest BCUT2D eigenvalue weighted by Gasteiger charge is -2.07. The van der Waals surface area contributed by atoms with Crippen molar-refractivity contribution in [3.63, 3.8) is 0 Å². The second-order valence-corrected chi connectivity index (χ2v) is 4.49. The normalized spacial score (nSPS) is 12.1. The Morgan fingerprint density at radius 3 is 2.71 bits per heavy atom. The predicted octanol–water partition coefficient (Wildman–Crippen LogP) is 3.61. The number of carboxylic acids is 1. The van der Waals surface area contributed by atoms with Crippen LogP contribution in [0, 0.1) is 0 Å². The van der Waals surface area contributed by atoms with Crippen LogP contribution >= 0.6 is 11.6 Å². The van der Waals surface area contributed by atoms with Crippen molar-refractivity contribution in [1.29, 1.82) is 0 Å². The van der Waals surface area contributed by atoms with E-state index in [1.165, 1.54) is 0 Å². The molecule has 0 atom stereocenters. The average molecular weight is 245 g/mol. The summed E-state index contributed by atoms with van der Waals surface area (Å²) < 4.78 is 0. The molecule has 17 heavy (non-hydrogen) atoms. The zero-order valence-electron chi connectivity index (χ0n) is 8.90. The van der Waals surface area contributed by atoms with Gasteiger partial charge in [0.2, 0.25) is 0 Å². The van der Waals surface area contributed by atoms with E-state index < -0.39 is 5.97 Å². The third-order valence-corrected chi connectivity index (χ3v) is 3.49. The van der Waals surface area contributed by atoms with Gasteiger partial charge in [0.1, 0.15) is 0 Å². The number of carbonyl (C=O) groups is 1. The zero-order valence-corrected chi connectivity index (χ0v) is 9.66. The van der Waals surface area contributed by atoms with Crippen molar-refractivity contribution in [3.8, 4) is 11.1 Å². The summed E-state index contributed by atoms with van der Waals surface area (Å²) in [6, 6.07) is 11.1. The summed E-state index contributed by atoms with van der Waals surface area (Å²) in [4.78, 5) is 11.2. The molecule has 84 valence electrons. The Bertz CT molecular complexity index is 632. The molecule has 1 aliphatic rings. The lowest BCUT2D eigenvalue weighted by molar-refractivity contribution is 0.0697. The number of fused-ring (bicyclic) bond motifs is 3. The van der Waals surface area contributed by atoms with Gasteiger partial charge in [0, 0.05) is 17.0 Å². The summed E-state index contributed by atoms with van der Waals surface area (Å²) >= 11 is 6.14. The van der Waals surface area contributed by atoms with Crippen LogP contribution in [0.3, 0.4) is 0 Å². The van der Waals surface area contributed by atoms with Crippen LogP contribution < -0.4 is 0 Å². The minimum Gasteiger partial charge on any atom is -0.478 e. The van der Waals surface area contributed by atoms with E-state index in [1.54, 1.807) is 12.1 Å². The van der Waals surface area contributed by atoms with E-state index >= 15 is 0 Å². The van der Waals surface area contributed by atoms with Crippen LogP contribution in [0.15, 0.2) is 36.4 Å². The lowest BCUT2D eigenvalue weighted by Crippen LogP contribution is -2.00. The van der Waals surface area contributed by atoms with Gasteiger partial charge >= 0.3 is 5.97 Å². The van der Waals surface area contributed by atoms with Crippen LogP contribution in [-0.2, 0) is 6.42 Å². The number of carboxylic acid groups (broad SMARTS) is 1. The molecule has 1 N–H and O–H groups in total. The SMILES string of the molecule is O=C(O)c1ccc(Cl)c2c1-c1ccccc1C2. The zero-order chi connectivity index (χ0) is 12.0. The molecule has 0 aromatic heterocycles. The first kappa shape index (κ1) is 10.4. The Hall–Kier alpha value is -1.80. The third kappa shape index (κ3) is 1.45. The van der Waals surface area contributed by atoms with Gasteiger partial charge in [0.05, 0.1) is 5.56 Å². The molecule has 0 heterocycles. The Labute approximate surface area is 103 Å². The van der Waals surface area contributed by atoms with E-state index in [0.717, 1.165) is 22.3 Å². The summed E-state index contributed by atoms with van der Waals surface area (Å²) in [6.07, 6.45) is 0.714. The number of hydrogen-bond donors (Lipinski definition) is 1. The molecule has 2 aromatic rings. The van der Waals surface area contributed by atoms with Crippen LogP contribution in [0.25, 0.3) is 11.1 Å². The van der Waals surface area contributed by atoms with Gasteiger partial charge in [-0.3, -0.25) is 0 Å². The first-order chi connectivity index (χ1) is 8.18. The maximum Gasteiger partial charge on any atom is 0.336 e. The molecule has 1 aliphatic carbocycles. The fraction of sp³-hybridized carbons (Fsp3) is 0.0714. The standard InChI is InChI=1S/C14H9ClO2/c15-12-6-5-10(14(16)17)13-9-4-2-1-3-8(9)7-11(12)13/h1-6H,7H2,(H,16,17). The molecule has 0 saturated heterocycles. The molecule has 0 bridgehead atoms. The van der Waals surface area contributed by atoms with Crippen molar-refractivity contribution in [2.75, 3.05) is 0 Å². The molecule has 0 fully saturated rings. The van der Waals surface area contributed by atoms with Crippen LogP contribution in [0.1, 0.15) is 21.5 Å². The van der Waals surface area contributed by atoms with Gasteiger partial charge in [-0.2, -0.15) is 0 Å². The van der Waals surface area contributed by atoms with Crippen molar-refractivity contribution in [2.45, 2.75) is 6.42 Å². The van der Waals surface area contributed by atoms with Crippen LogP contribution in [-0.4, -0.2) is 11.1 Å². The summed E-state index contributed by atoms with van der Waals surface area (Å²) in [6.45, 7) is 0. The van der Waals surface area contributed by atoms with Gasteiger partial charge in [0.15, 0.2) is 0 Å². The highest BCUT2D eigenvalue weighted by atomic mass is 35.5. The van der Waals surface area contributed by atoms with Crippen LogP contribution in [0.5, 0.6) is 0 Å². The molecule has 0 aliphatic heterocycles. The van der Waals surface area contributed by atoms with E-state index in [-0.39, 0.29) is 0 Å². The fourth-order valence-electron chi connectivity index (χ4n) is 2.39. The minimum atomic E-state index is -0.908. The smallest absolute Gasteiger partial charge is 0.336 e. The van der Waals surface area contributed by atoms with Crippen molar-refractivity contribution in [1.82, 2.24) is 0 Å². The van der Waals surface area contributed by atoms with Crippen molar-refractivity contribution in [3.05, 3.63) is 58.1 Å². The molecule has 2 nitrogen and oxygen atoms in total. The first-order valence-corrected chi connectivity index (χ1v) is 5.69. The second kappa shape index (κ2) is 3.60. The van der Waals surface area contributed by atoms with Crippen molar-refractivity contribution >= 4 is 17.6 Å². The van der Waals surface area contributed by atoms with Crippen LogP contribution in [0.2, 0.25) is 5.02 Å². The summed E-state index contributed by atoms with van der Waals surface area (Å²) in [5.41, 5.74) is 4.16. The average Bonchev–Trinajstić information content (AvgIpc) is 2.69. The van der Waals surface area contributed by atoms with E-state index in [4.69, 9.17) is 11.6 Å². The van der Waals surface area contributed by atoms with Crippen LogP contribution in [0.4, 0.5) is 0 Å². The molecule has 3 rings (SSSR count). The van der Waals surface area contributed by atoms with Gasteiger partial charge in [-0.15, -0.1) is 0 Å². The number of hydrogen-bond acceptors (Lipinski definition) is 1. The molecule has 3 heteroatoms. The van der Waals surface area contributed by atoms with E-state index in [1.807, 2.05) is 24.3 Å². The number of benzene rings is 2. The van der Waals surface area contributed by atoms with E-state index in [0.29, 0.717) is 17.0 Å². The highest BCUT2D eigenvalue weighted by Gasteiger charge is 2.25. The van der Waals surface area contributed by atoms with E-state index in [9.17, 15) is 9.90 Å². The van der Waals surface area contributed by atoms with Gasteiger partial charge in [0.25, 0.3) is 0 Å². The molecule has 0 radical (unpaired) electrons. The van der Waals surface area contributed by atoms with Gasteiger partial charge in [-0.25, -0.2) is 4.79 Å². The Kier molecular flexibility index (Phi) is 2.20. The summed E-state index contributed by atoms with van der Waals surface area (Å²) in [5.74, 6) is -0.908. The second-order valence-electron chi connectivity index (χ2n) is 4.09. The number of rotatable bonds is 1. The molecule has 0 amide bonds. The molecule has 0 unspecified atom stereocenters. The lowest BCUT2D eigenvalue weighted by atomic mass is 9.99. The molecule has 0 saturated carbocycles. The highest BCUT2D eigenvalue weighted by Crippen LogP contribution is 2.42. The number of aromatic carboxylic acids is 1. The fourth-order valence-corrected chi connectivity index (χ4v) is 2.61.